The molecule has 0 saturated carbocycles. The molecule has 250 valence electrons. The highest BCUT2D eigenvalue weighted by Crippen LogP contribution is 2.37. The van der Waals surface area contributed by atoms with Gasteiger partial charge in [-0.3, -0.25) is 14.4 Å². The number of nitrogens with one attached hydrogen (secondary N) is 2. The zero-order valence-electron chi connectivity index (χ0n) is 29.0. The van der Waals surface area contributed by atoms with E-state index < -0.39 is 18.2 Å². The molecule has 0 spiro atoms. The van der Waals surface area contributed by atoms with Gasteiger partial charge in [0.15, 0.2) is 0 Å². The largest absolute Gasteiger partial charge is 0.496 e. The third-order valence-electron chi connectivity index (χ3n) is 7.76. The van der Waals surface area contributed by atoms with Crippen LogP contribution >= 0.6 is 0 Å². The second-order valence-corrected chi connectivity index (χ2v) is 13.9. The maximum Gasteiger partial charge on any atom is 0.251 e. The second kappa shape index (κ2) is 15.4. The molecule has 1 fully saturated rings. The molecular weight excluding hydrogens is 572 g/mol. The van der Waals surface area contributed by atoms with Crippen molar-refractivity contribution in [1.29, 1.82) is 0 Å². The van der Waals surface area contributed by atoms with Gasteiger partial charge in [0.05, 0.1) is 13.7 Å². The van der Waals surface area contributed by atoms with Crippen molar-refractivity contribution in [1.82, 2.24) is 25.5 Å². The minimum atomic E-state index is -1.01. The Balaban J connectivity index is 2.01. The van der Waals surface area contributed by atoms with Crippen molar-refractivity contribution in [3.05, 3.63) is 47.5 Å². The minimum Gasteiger partial charge on any atom is -0.496 e. The summed E-state index contributed by atoms with van der Waals surface area (Å²) in [4.78, 5) is 38.7. The molecule has 3 N–H and O–H groups in total. The Morgan fingerprint density at radius 2 is 1.76 bits per heavy atom. The average molecular weight is 627 g/mol. The summed E-state index contributed by atoms with van der Waals surface area (Å²) in [6, 6.07) is 10.7. The molecule has 1 aliphatic rings. The Kier molecular flexibility index (Phi) is 12.4. The number of hydrogen-bond donors (Lipinski definition) is 3. The molecule has 45 heavy (non-hydrogen) atoms. The van der Waals surface area contributed by atoms with Crippen molar-refractivity contribution >= 4 is 17.5 Å². The number of para-hydroxylation sites is 1. The smallest absolute Gasteiger partial charge is 0.251 e. The van der Waals surface area contributed by atoms with E-state index in [4.69, 9.17) is 9.57 Å². The third-order valence-corrected chi connectivity index (χ3v) is 7.76. The summed E-state index contributed by atoms with van der Waals surface area (Å²) in [5.74, 6) is 0.140. The number of amides is 2. The minimum absolute atomic E-state index is 0.0165. The summed E-state index contributed by atoms with van der Waals surface area (Å²) in [5, 5.41) is 18.5. The van der Waals surface area contributed by atoms with Crippen molar-refractivity contribution < 1.29 is 24.3 Å². The summed E-state index contributed by atoms with van der Waals surface area (Å²) in [5.41, 5.74) is 3.88. The number of carbonyl (C=O) groups excluding carboxylic acids is 2. The second-order valence-electron chi connectivity index (χ2n) is 13.9. The predicted molar refractivity (Wildman–Crippen MR) is 179 cm³/mol. The van der Waals surface area contributed by atoms with Crippen LogP contribution in [0.3, 0.4) is 0 Å². The van der Waals surface area contributed by atoms with Crippen LogP contribution in [0.4, 0.5) is 5.69 Å². The number of methoxy groups -OCH3 is 1. The van der Waals surface area contributed by atoms with Crippen LogP contribution < -0.4 is 20.3 Å². The summed E-state index contributed by atoms with van der Waals surface area (Å²) in [6.45, 7) is 7.93. The molecule has 0 aliphatic carbocycles. The number of aliphatic hydroxyl groups excluding tert-OH is 1. The SMILES string of the molecule is CNC(=O)[C@@H]1[C@H](O)C(CN(C)C)ON1Cc1cccc(-c2cc(C(=O)N[C@H](CN(C)C)CC(C)(C)C)cc(N(C)C)c2)c1OC. The topological polar surface area (TPSA) is 110 Å². The zero-order chi connectivity index (χ0) is 33.6. The van der Waals surface area contributed by atoms with Gasteiger partial charge in [-0.1, -0.05) is 39.0 Å². The number of hydrogen-bond acceptors (Lipinski definition) is 9. The number of rotatable bonds is 13. The first-order valence-corrected chi connectivity index (χ1v) is 15.5. The van der Waals surface area contributed by atoms with Gasteiger partial charge in [-0.25, -0.2) is 0 Å². The van der Waals surface area contributed by atoms with Crippen LogP contribution in [0.5, 0.6) is 5.75 Å². The lowest BCUT2D eigenvalue weighted by atomic mass is 9.87. The number of aliphatic hydroxyl groups is 1. The first-order chi connectivity index (χ1) is 21.0. The van der Waals surface area contributed by atoms with Crippen molar-refractivity contribution in [2.24, 2.45) is 5.41 Å². The molecule has 1 aliphatic heterocycles. The number of hydroxylamine groups is 2. The molecule has 1 saturated heterocycles. The summed E-state index contributed by atoms with van der Waals surface area (Å²) < 4.78 is 5.97. The fourth-order valence-corrected chi connectivity index (χ4v) is 5.86. The van der Waals surface area contributed by atoms with E-state index in [2.05, 4.69) is 36.3 Å². The van der Waals surface area contributed by atoms with Gasteiger partial charge in [-0.2, -0.15) is 5.06 Å². The monoisotopic (exact) mass is 626 g/mol. The van der Waals surface area contributed by atoms with Gasteiger partial charge in [-0.05, 0) is 63.8 Å². The van der Waals surface area contributed by atoms with Crippen LogP contribution in [-0.2, 0) is 16.2 Å². The third kappa shape index (κ3) is 9.64. The molecule has 4 atom stereocenters. The van der Waals surface area contributed by atoms with Crippen LogP contribution in [0.1, 0.15) is 43.1 Å². The first kappa shape index (κ1) is 36.3. The summed E-state index contributed by atoms with van der Waals surface area (Å²) in [6.07, 6.45) is -0.731. The van der Waals surface area contributed by atoms with Gasteiger partial charge in [0, 0.05) is 62.7 Å². The van der Waals surface area contributed by atoms with E-state index in [0.29, 0.717) is 17.9 Å². The molecule has 11 heteroatoms. The predicted octanol–water partition coefficient (Wildman–Crippen LogP) is 2.68. The summed E-state index contributed by atoms with van der Waals surface area (Å²) in [7, 11) is 14.9. The molecule has 2 aromatic rings. The van der Waals surface area contributed by atoms with Crippen LogP contribution in [0.25, 0.3) is 11.1 Å². The van der Waals surface area contributed by atoms with E-state index in [1.54, 1.807) is 14.2 Å². The van der Waals surface area contributed by atoms with Gasteiger partial charge in [-0.15, -0.1) is 0 Å². The molecule has 1 unspecified atom stereocenters. The zero-order valence-corrected chi connectivity index (χ0v) is 29.0. The Morgan fingerprint density at radius 1 is 1.07 bits per heavy atom. The molecule has 0 radical (unpaired) electrons. The number of benzene rings is 2. The standard InChI is InChI=1S/C34H54N6O5/c1-34(2,3)18-25(20-37(5)6)36-32(42)24-15-23(16-26(17-24)39(9)10)27-14-12-13-22(31(27)44-11)19-40-29(33(43)35-4)30(41)28(45-40)21-38(7)8/h12-17,25,28-30,41H,18-21H2,1-11H3,(H,35,43)(H,36,42)/t25-,28?,29-,30+/m0/s1. The van der Waals surface area contributed by atoms with E-state index in [-0.39, 0.29) is 29.8 Å². The maximum atomic E-state index is 13.7. The van der Waals surface area contributed by atoms with Gasteiger partial charge < -0.3 is 35.2 Å². The highest BCUT2D eigenvalue weighted by atomic mass is 16.7. The van der Waals surface area contributed by atoms with E-state index in [1.807, 2.05) is 88.5 Å². The van der Waals surface area contributed by atoms with Crippen LogP contribution in [0, 0.1) is 5.41 Å². The number of anilines is 1. The number of carbonyl (C=O) groups is 2. The highest BCUT2D eigenvalue weighted by Gasteiger charge is 2.46. The van der Waals surface area contributed by atoms with Crippen LogP contribution in [-0.4, -0.2) is 126 Å². The van der Waals surface area contributed by atoms with Crippen molar-refractivity contribution in [2.45, 2.75) is 58.0 Å². The fourth-order valence-electron chi connectivity index (χ4n) is 5.86. The van der Waals surface area contributed by atoms with Crippen LogP contribution in [0.2, 0.25) is 0 Å². The Bertz CT molecular complexity index is 1310. The van der Waals surface area contributed by atoms with Crippen molar-refractivity contribution in [3.63, 3.8) is 0 Å². The molecule has 2 amide bonds. The van der Waals surface area contributed by atoms with Crippen molar-refractivity contribution in [2.75, 3.05) is 74.4 Å². The van der Waals surface area contributed by atoms with Gasteiger partial charge in [0.1, 0.15) is 24.0 Å². The van der Waals surface area contributed by atoms with E-state index in [1.165, 1.54) is 5.06 Å². The maximum absolute atomic E-state index is 13.7. The van der Waals surface area contributed by atoms with Gasteiger partial charge in [0.25, 0.3) is 5.91 Å². The lowest BCUT2D eigenvalue weighted by Gasteiger charge is -2.29. The molecule has 2 aromatic carbocycles. The van der Waals surface area contributed by atoms with Crippen molar-refractivity contribution in [3.8, 4) is 16.9 Å². The average Bonchev–Trinajstić information content (AvgIpc) is 3.24. The van der Waals surface area contributed by atoms with Gasteiger partial charge in [0.2, 0.25) is 5.91 Å². The fraction of sp³-hybridized carbons (Fsp3) is 0.588. The van der Waals surface area contributed by atoms with Gasteiger partial charge >= 0.3 is 0 Å². The lowest BCUT2D eigenvalue weighted by Crippen LogP contribution is -2.48. The van der Waals surface area contributed by atoms with E-state index >= 15 is 0 Å². The normalized spacial score (nSPS) is 19.6. The highest BCUT2D eigenvalue weighted by molar-refractivity contribution is 5.97. The van der Waals surface area contributed by atoms with E-state index in [0.717, 1.165) is 35.3 Å². The molecule has 1 heterocycles. The Labute approximate surface area is 269 Å². The number of nitrogens with zero attached hydrogens (tertiary/aromatic N) is 4. The molecule has 0 bridgehead atoms. The number of ether oxygens (including phenoxy) is 1. The molecular formula is C34H54N6O5. The molecule has 3 rings (SSSR count). The van der Waals surface area contributed by atoms with Crippen LogP contribution in [0.15, 0.2) is 36.4 Å². The molecule has 0 aromatic heterocycles. The molecule has 11 nitrogen and oxygen atoms in total. The Hall–Kier alpha value is -3.22. The Morgan fingerprint density at radius 3 is 2.31 bits per heavy atom. The lowest BCUT2D eigenvalue weighted by molar-refractivity contribution is -0.177. The number of likely N-dealkylation sites (N-methyl/N-ethyl adjacent to an activating group) is 3. The summed E-state index contributed by atoms with van der Waals surface area (Å²) >= 11 is 0. The van der Waals surface area contributed by atoms with E-state index in [9.17, 15) is 14.7 Å². The first-order valence-electron chi connectivity index (χ1n) is 15.5. The quantitative estimate of drug-likeness (QED) is 0.309.